The van der Waals surface area contributed by atoms with Gasteiger partial charge in [-0.05, 0) is 97.8 Å². The molecule has 0 bridgehead atoms. The van der Waals surface area contributed by atoms with E-state index >= 15 is 0 Å². The highest BCUT2D eigenvalue weighted by atomic mass is 32.2. The highest BCUT2D eigenvalue weighted by Gasteiger charge is 2.33. The Labute approximate surface area is 222 Å². The molecule has 0 fully saturated rings. The van der Waals surface area contributed by atoms with E-state index in [0.717, 1.165) is 58.7 Å². The molecular formula is C29H26F3NO4S. The molecule has 0 radical (unpaired) electrons. The van der Waals surface area contributed by atoms with Crippen LogP contribution in [0.5, 0.6) is 5.75 Å². The number of fused-ring (bicyclic) bond motifs is 2. The SMILES string of the molecule is CCOC(=O)COc1ccc(Sc2cccc3c2CN(c2ccc(C(F)(F)F)cc2)C3=O)c2c1CCCC2. The van der Waals surface area contributed by atoms with Gasteiger partial charge in [-0.2, -0.15) is 13.2 Å². The zero-order valence-electron chi connectivity index (χ0n) is 20.8. The van der Waals surface area contributed by atoms with Gasteiger partial charge in [0, 0.05) is 21.0 Å². The maximum Gasteiger partial charge on any atom is 0.416 e. The standard InChI is InChI=1S/C29H26F3NO4S/c1-2-36-27(34)17-37-24-14-15-26(21-7-4-3-6-20(21)24)38-25-9-5-8-22-23(25)16-33(28(22)35)19-12-10-18(11-13-19)29(30,31)32/h5,8-15H,2-4,6-7,16-17H2,1H3. The van der Waals surface area contributed by atoms with Crippen LogP contribution in [0.25, 0.3) is 0 Å². The number of carbonyl (C=O) groups excluding carboxylic acids is 2. The van der Waals surface area contributed by atoms with Crippen LogP contribution in [0.15, 0.2) is 64.4 Å². The Balaban J connectivity index is 1.40. The summed E-state index contributed by atoms with van der Waals surface area (Å²) in [5, 5.41) is 0. The van der Waals surface area contributed by atoms with Gasteiger partial charge < -0.3 is 14.4 Å². The molecule has 3 aromatic rings. The molecule has 1 amide bonds. The lowest BCUT2D eigenvalue weighted by molar-refractivity contribution is -0.145. The lowest BCUT2D eigenvalue weighted by Crippen LogP contribution is -2.23. The minimum atomic E-state index is -4.43. The van der Waals surface area contributed by atoms with E-state index in [2.05, 4.69) is 0 Å². The van der Waals surface area contributed by atoms with E-state index in [1.54, 1.807) is 24.8 Å². The van der Waals surface area contributed by atoms with E-state index in [9.17, 15) is 22.8 Å². The molecule has 0 N–H and O–H groups in total. The minimum Gasteiger partial charge on any atom is -0.482 e. The molecule has 0 saturated carbocycles. The number of carbonyl (C=O) groups is 2. The summed E-state index contributed by atoms with van der Waals surface area (Å²) < 4.78 is 49.7. The summed E-state index contributed by atoms with van der Waals surface area (Å²) in [6.45, 7) is 2.20. The summed E-state index contributed by atoms with van der Waals surface area (Å²) in [7, 11) is 0. The van der Waals surface area contributed by atoms with Crippen molar-refractivity contribution >= 4 is 29.3 Å². The molecule has 38 heavy (non-hydrogen) atoms. The molecule has 0 unspecified atom stereocenters. The third-order valence-electron chi connectivity index (χ3n) is 6.75. The third kappa shape index (κ3) is 5.25. The Morgan fingerprint density at radius 2 is 1.66 bits per heavy atom. The van der Waals surface area contributed by atoms with Gasteiger partial charge in [0.25, 0.3) is 5.91 Å². The summed E-state index contributed by atoms with van der Waals surface area (Å²) in [5.74, 6) is 0.0589. The van der Waals surface area contributed by atoms with Crippen LogP contribution in [0.3, 0.4) is 0 Å². The van der Waals surface area contributed by atoms with Gasteiger partial charge in [-0.3, -0.25) is 4.79 Å². The number of hydrogen-bond donors (Lipinski definition) is 0. The molecule has 5 rings (SSSR count). The number of anilines is 1. The molecule has 0 aromatic heterocycles. The fraction of sp³-hybridized carbons (Fsp3) is 0.310. The van der Waals surface area contributed by atoms with E-state index in [1.165, 1.54) is 22.6 Å². The molecule has 1 aliphatic carbocycles. The predicted octanol–water partition coefficient (Wildman–Crippen LogP) is 6.84. The molecule has 0 atom stereocenters. The number of hydrogen-bond acceptors (Lipinski definition) is 5. The second-order valence-corrected chi connectivity index (χ2v) is 10.2. The van der Waals surface area contributed by atoms with Gasteiger partial charge in [0.2, 0.25) is 0 Å². The molecule has 5 nitrogen and oxygen atoms in total. The van der Waals surface area contributed by atoms with Crippen molar-refractivity contribution in [2.75, 3.05) is 18.1 Å². The maximum atomic E-state index is 13.2. The van der Waals surface area contributed by atoms with Crippen molar-refractivity contribution < 1.29 is 32.2 Å². The van der Waals surface area contributed by atoms with Crippen LogP contribution < -0.4 is 9.64 Å². The highest BCUT2D eigenvalue weighted by molar-refractivity contribution is 7.99. The monoisotopic (exact) mass is 541 g/mol. The van der Waals surface area contributed by atoms with Crippen molar-refractivity contribution in [3.8, 4) is 5.75 Å². The molecular weight excluding hydrogens is 515 g/mol. The lowest BCUT2D eigenvalue weighted by atomic mass is 9.91. The molecule has 1 aliphatic heterocycles. The van der Waals surface area contributed by atoms with Crippen molar-refractivity contribution in [3.05, 3.63) is 82.4 Å². The van der Waals surface area contributed by atoms with Crippen LogP contribution in [0.4, 0.5) is 18.9 Å². The average Bonchev–Trinajstić information content (AvgIpc) is 3.25. The molecule has 0 spiro atoms. The second kappa shape index (κ2) is 10.7. The topological polar surface area (TPSA) is 55.8 Å². The first-order valence-electron chi connectivity index (χ1n) is 12.5. The van der Waals surface area contributed by atoms with Crippen LogP contribution in [-0.4, -0.2) is 25.1 Å². The van der Waals surface area contributed by atoms with Gasteiger partial charge in [0.15, 0.2) is 6.61 Å². The summed E-state index contributed by atoms with van der Waals surface area (Å²) in [5.41, 5.74) is 3.37. The number of halogens is 3. The first-order chi connectivity index (χ1) is 18.3. The van der Waals surface area contributed by atoms with Crippen LogP contribution in [0.2, 0.25) is 0 Å². The van der Waals surface area contributed by atoms with E-state index in [4.69, 9.17) is 9.47 Å². The van der Waals surface area contributed by atoms with Crippen molar-refractivity contribution in [1.29, 1.82) is 0 Å². The van der Waals surface area contributed by atoms with Gasteiger partial charge in [0.05, 0.1) is 18.7 Å². The molecule has 3 aromatic carbocycles. The number of rotatable bonds is 7. The third-order valence-corrected chi connectivity index (χ3v) is 7.96. The fourth-order valence-corrected chi connectivity index (χ4v) is 6.10. The molecule has 1 heterocycles. The van der Waals surface area contributed by atoms with E-state index in [0.29, 0.717) is 23.6 Å². The Bertz CT molecular complexity index is 1370. The van der Waals surface area contributed by atoms with Gasteiger partial charge >= 0.3 is 12.1 Å². The molecule has 9 heteroatoms. The van der Waals surface area contributed by atoms with Crippen molar-refractivity contribution in [2.24, 2.45) is 0 Å². The largest absolute Gasteiger partial charge is 0.482 e. The quantitative estimate of drug-likeness (QED) is 0.307. The molecule has 198 valence electrons. The Morgan fingerprint density at radius 3 is 2.37 bits per heavy atom. The summed E-state index contributed by atoms with van der Waals surface area (Å²) in [6.07, 6.45) is -0.600. The number of benzene rings is 3. The first-order valence-corrected chi connectivity index (χ1v) is 13.3. The average molecular weight is 542 g/mol. The lowest BCUT2D eigenvalue weighted by Gasteiger charge is -2.23. The number of nitrogens with zero attached hydrogens (tertiary/aromatic N) is 1. The van der Waals surface area contributed by atoms with Crippen molar-refractivity contribution in [1.82, 2.24) is 0 Å². The normalized spacial score (nSPS) is 14.7. The fourth-order valence-electron chi connectivity index (χ4n) is 4.93. The van der Waals surface area contributed by atoms with Crippen molar-refractivity contribution in [3.63, 3.8) is 0 Å². The number of amides is 1. The highest BCUT2D eigenvalue weighted by Crippen LogP contribution is 2.43. The Kier molecular flexibility index (Phi) is 7.38. The Hall–Kier alpha value is -3.46. The summed E-state index contributed by atoms with van der Waals surface area (Å²) >= 11 is 1.58. The van der Waals surface area contributed by atoms with Gasteiger partial charge in [-0.15, -0.1) is 0 Å². The minimum absolute atomic E-state index is 0.138. The smallest absolute Gasteiger partial charge is 0.416 e. The zero-order chi connectivity index (χ0) is 26.9. The summed E-state index contributed by atoms with van der Waals surface area (Å²) in [6, 6.07) is 14.1. The maximum absolute atomic E-state index is 13.2. The van der Waals surface area contributed by atoms with Gasteiger partial charge in [-0.25, -0.2) is 4.79 Å². The summed E-state index contributed by atoms with van der Waals surface area (Å²) in [4.78, 5) is 28.5. The predicted molar refractivity (Wildman–Crippen MR) is 138 cm³/mol. The Morgan fingerprint density at radius 1 is 0.947 bits per heavy atom. The van der Waals surface area contributed by atoms with Crippen LogP contribution in [0, 0.1) is 0 Å². The molecule has 2 aliphatic rings. The second-order valence-electron chi connectivity index (χ2n) is 9.14. The number of esters is 1. The van der Waals surface area contributed by atoms with E-state index < -0.39 is 17.7 Å². The number of ether oxygens (including phenoxy) is 2. The number of alkyl halides is 3. The van der Waals surface area contributed by atoms with Crippen LogP contribution >= 0.6 is 11.8 Å². The molecule has 0 saturated heterocycles. The first kappa shape index (κ1) is 26.2. The van der Waals surface area contributed by atoms with E-state index in [-0.39, 0.29) is 19.1 Å². The van der Waals surface area contributed by atoms with Crippen LogP contribution in [0.1, 0.15) is 52.4 Å². The van der Waals surface area contributed by atoms with Crippen molar-refractivity contribution in [2.45, 2.75) is 55.1 Å². The van der Waals surface area contributed by atoms with Gasteiger partial charge in [0.1, 0.15) is 5.75 Å². The zero-order valence-corrected chi connectivity index (χ0v) is 21.6. The van der Waals surface area contributed by atoms with E-state index in [1.807, 2.05) is 24.3 Å². The van der Waals surface area contributed by atoms with Crippen LogP contribution in [-0.2, 0) is 35.1 Å². The van der Waals surface area contributed by atoms with Gasteiger partial charge in [-0.1, -0.05) is 17.8 Å².